The van der Waals surface area contributed by atoms with E-state index in [1.54, 1.807) is 44.1 Å². The van der Waals surface area contributed by atoms with Crippen molar-refractivity contribution in [3.05, 3.63) is 53.6 Å². The second-order valence-corrected chi connectivity index (χ2v) is 9.14. The summed E-state index contributed by atoms with van der Waals surface area (Å²) in [5.41, 5.74) is 2.84. The molecule has 0 bridgehead atoms. The fraction of sp³-hybridized carbons (Fsp3) is 0.407. The van der Waals surface area contributed by atoms with E-state index in [9.17, 15) is 19.2 Å². The molecule has 0 radical (unpaired) electrons. The van der Waals surface area contributed by atoms with Crippen LogP contribution in [-0.4, -0.2) is 79.2 Å². The second-order valence-electron chi connectivity index (χ2n) is 9.14. The lowest BCUT2D eigenvalue weighted by Gasteiger charge is -2.23. The van der Waals surface area contributed by atoms with Crippen molar-refractivity contribution in [2.75, 3.05) is 44.9 Å². The predicted molar refractivity (Wildman–Crippen MR) is 146 cm³/mol. The Bertz CT molecular complexity index is 1140. The monoisotopic (exact) mass is 527 g/mol. The molecule has 38 heavy (non-hydrogen) atoms. The fourth-order valence-electron chi connectivity index (χ4n) is 3.65. The highest BCUT2D eigenvalue weighted by Gasteiger charge is 2.16. The molecular formula is C27H37N5O6. The van der Waals surface area contributed by atoms with Gasteiger partial charge in [-0.2, -0.15) is 0 Å². The first kappa shape index (κ1) is 29.9. The highest BCUT2D eigenvalue weighted by atomic mass is 16.5. The van der Waals surface area contributed by atoms with Gasteiger partial charge >= 0.3 is 18.0 Å². The molecule has 11 heteroatoms. The number of methoxy groups -OCH3 is 1. The predicted octanol–water partition coefficient (Wildman–Crippen LogP) is 3.54. The molecule has 1 unspecified atom stereocenters. The first-order chi connectivity index (χ1) is 18.0. The lowest BCUT2D eigenvalue weighted by Crippen LogP contribution is -2.43. The maximum Gasteiger partial charge on any atom is 0.323 e. The zero-order chi connectivity index (χ0) is 28.2. The molecule has 2 aromatic carbocycles. The van der Waals surface area contributed by atoms with Gasteiger partial charge in [-0.1, -0.05) is 24.3 Å². The molecule has 0 aliphatic heterocycles. The molecule has 0 aliphatic rings. The van der Waals surface area contributed by atoms with Gasteiger partial charge in [-0.25, -0.2) is 9.59 Å². The topological polar surface area (TPSA) is 140 Å². The maximum absolute atomic E-state index is 12.7. The van der Waals surface area contributed by atoms with Gasteiger partial charge < -0.3 is 35.6 Å². The number of hydrogen-bond donors (Lipinski definition) is 4. The molecule has 0 saturated heterocycles. The molecular weight excluding hydrogens is 490 g/mol. The maximum atomic E-state index is 12.7. The Labute approximate surface area is 223 Å². The number of nitrogens with zero attached hydrogens (tertiary/aromatic N) is 2. The standard InChI is InChI=1S/C27H37N5O6/c1-18-9-6-7-10-21(18)29-26(36)30-22-12-11-20(16-23(22)38-5)17-24(33)31(3)13-8-14-32(4)27(37)28-19(2)15-25(34)35/h6-7,9-12,16,19H,8,13-15,17H2,1-5H3,(H,28,37)(H,34,35)(H2,29,30,36). The molecule has 0 fully saturated rings. The number of rotatable bonds is 12. The highest BCUT2D eigenvalue weighted by Crippen LogP contribution is 2.26. The van der Waals surface area contributed by atoms with Crippen LogP contribution in [0.15, 0.2) is 42.5 Å². The minimum absolute atomic E-state index is 0.104. The van der Waals surface area contributed by atoms with E-state index in [-0.39, 0.29) is 24.8 Å². The van der Waals surface area contributed by atoms with Gasteiger partial charge in [0.15, 0.2) is 0 Å². The van der Waals surface area contributed by atoms with E-state index in [2.05, 4.69) is 16.0 Å². The third-order valence-electron chi connectivity index (χ3n) is 5.87. The van der Waals surface area contributed by atoms with E-state index in [0.717, 1.165) is 11.1 Å². The van der Waals surface area contributed by atoms with Gasteiger partial charge in [0, 0.05) is 38.9 Å². The molecule has 0 heterocycles. The summed E-state index contributed by atoms with van der Waals surface area (Å²) in [6.45, 7) is 4.38. The van der Waals surface area contributed by atoms with Gasteiger partial charge in [0.05, 0.1) is 25.6 Å². The number of aryl methyl sites for hydroxylation is 1. The van der Waals surface area contributed by atoms with Gasteiger partial charge in [-0.15, -0.1) is 0 Å². The Morgan fingerprint density at radius 2 is 1.63 bits per heavy atom. The summed E-state index contributed by atoms with van der Waals surface area (Å²) < 4.78 is 5.42. The Balaban J connectivity index is 1.85. The molecule has 0 aliphatic carbocycles. The van der Waals surface area contributed by atoms with Crippen LogP contribution in [0.3, 0.4) is 0 Å². The number of carbonyl (C=O) groups is 4. The number of anilines is 2. The van der Waals surface area contributed by atoms with Crippen LogP contribution in [0.4, 0.5) is 21.0 Å². The molecule has 0 saturated carbocycles. The number of likely N-dealkylation sites (N-methyl/N-ethyl adjacent to an activating group) is 1. The van der Waals surface area contributed by atoms with Gasteiger partial charge in [0.2, 0.25) is 5.91 Å². The minimum atomic E-state index is -0.979. The van der Waals surface area contributed by atoms with Crippen molar-refractivity contribution in [2.24, 2.45) is 0 Å². The molecule has 1 atom stereocenters. The number of urea groups is 2. The van der Waals surface area contributed by atoms with E-state index in [4.69, 9.17) is 9.84 Å². The quantitative estimate of drug-likeness (QED) is 0.333. The van der Waals surface area contributed by atoms with Crippen LogP contribution in [0.2, 0.25) is 0 Å². The molecule has 11 nitrogen and oxygen atoms in total. The summed E-state index contributed by atoms with van der Waals surface area (Å²) in [6, 6.07) is 11.4. The van der Waals surface area contributed by atoms with Crippen LogP contribution in [0.5, 0.6) is 5.75 Å². The molecule has 206 valence electrons. The van der Waals surface area contributed by atoms with Crippen LogP contribution in [0.1, 0.15) is 30.9 Å². The Morgan fingerprint density at radius 1 is 0.974 bits per heavy atom. The molecule has 0 spiro atoms. The average Bonchev–Trinajstić information content (AvgIpc) is 2.85. The summed E-state index contributed by atoms with van der Waals surface area (Å²) in [5.74, 6) is -0.650. The largest absolute Gasteiger partial charge is 0.495 e. The summed E-state index contributed by atoms with van der Waals surface area (Å²) in [4.78, 5) is 51.1. The number of aliphatic carboxylic acids is 1. The lowest BCUT2D eigenvalue weighted by molar-refractivity contribution is -0.137. The van der Waals surface area contributed by atoms with Crippen molar-refractivity contribution in [2.45, 2.75) is 39.2 Å². The van der Waals surface area contributed by atoms with E-state index in [1.165, 1.54) is 12.0 Å². The second kappa shape index (κ2) is 14.5. The molecule has 4 N–H and O–H groups in total. The van der Waals surface area contributed by atoms with Gasteiger partial charge in [0.1, 0.15) is 5.75 Å². The number of benzene rings is 2. The number of carboxylic acids is 1. The Kier molecular flexibility index (Phi) is 11.4. The normalized spacial score (nSPS) is 11.2. The van der Waals surface area contributed by atoms with Crippen molar-refractivity contribution in [1.29, 1.82) is 0 Å². The third kappa shape index (κ3) is 9.64. The summed E-state index contributed by atoms with van der Waals surface area (Å²) >= 11 is 0. The number of nitrogens with one attached hydrogen (secondary N) is 3. The summed E-state index contributed by atoms with van der Waals surface area (Å²) in [6.07, 6.45) is 0.548. The first-order valence-corrected chi connectivity index (χ1v) is 12.3. The smallest absolute Gasteiger partial charge is 0.323 e. The van der Waals surface area contributed by atoms with Crippen LogP contribution >= 0.6 is 0 Å². The number of ether oxygens (including phenoxy) is 1. The Morgan fingerprint density at radius 3 is 2.29 bits per heavy atom. The van der Waals surface area contributed by atoms with Crippen LogP contribution in [0.25, 0.3) is 0 Å². The van der Waals surface area contributed by atoms with Crippen molar-refractivity contribution < 1.29 is 29.0 Å². The zero-order valence-electron chi connectivity index (χ0n) is 22.5. The van der Waals surface area contributed by atoms with Crippen LogP contribution in [-0.2, 0) is 16.0 Å². The number of amides is 5. The van der Waals surface area contributed by atoms with E-state index < -0.39 is 18.0 Å². The van der Waals surface area contributed by atoms with Gasteiger partial charge in [-0.05, 0) is 49.6 Å². The van der Waals surface area contributed by atoms with Crippen molar-refractivity contribution in [3.63, 3.8) is 0 Å². The van der Waals surface area contributed by atoms with E-state index in [0.29, 0.717) is 36.6 Å². The summed E-state index contributed by atoms with van der Waals surface area (Å²) in [7, 11) is 4.81. The molecule has 2 aromatic rings. The van der Waals surface area contributed by atoms with Crippen LogP contribution in [0, 0.1) is 6.92 Å². The van der Waals surface area contributed by atoms with E-state index >= 15 is 0 Å². The average molecular weight is 528 g/mol. The third-order valence-corrected chi connectivity index (χ3v) is 5.87. The first-order valence-electron chi connectivity index (χ1n) is 12.3. The summed E-state index contributed by atoms with van der Waals surface area (Å²) in [5, 5.41) is 17.0. The Hall–Kier alpha value is -4.28. The fourth-order valence-corrected chi connectivity index (χ4v) is 3.65. The van der Waals surface area contributed by atoms with Gasteiger partial charge in [0.25, 0.3) is 0 Å². The molecule has 5 amide bonds. The molecule has 2 rings (SSSR count). The highest BCUT2D eigenvalue weighted by molar-refractivity contribution is 6.01. The number of carbonyl (C=O) groups excluding carboxylic acids is 3. The van der Waals surface area contributed by atoms with E-state index in [1.807, 2.05) is 31.2 Å². The SMILES string of the molecule is COc1cc(CC(=O)N(C)CCCN(C)C(=O)NC(C)CC(=O)O)ccc1NC(=O)Nc1ccccc1C. The van der Waals surface area contributed by atoms with Gasteiger partial charge in [-0.3, -0.25) is 9.59 Å². The number of para-hydroxylation sites is 1. The van der Waals surface area contributed by atoms with Crippen molar-refractivity contribution in [3.8, 4) is 5.75 Å². The molecule has 0 aromatic heterocycles. The number of hydrogen-bond acceptors (Lipinski definition) is 5. The lowest BCUT2D eigenvalue weighted by atomic mass is 10.1. The van der Waals surface area contributed by atoms with Crippen molar-refractivity contribution in [1.82, 2.24) is 15.1 Å². The minimum Gasteiger partial charge on any atom is -0.495 e. The van der Waals surface area contributed by atoms with Crippen molar-refractivity contribution >= 4 is 35.3 Å². The number of carboxylic acid groups (broad SMARTS) is 1. The van der Waals surface area contributed by atoms with Crippen LogP contribution < -0.4 is 20.7 Å². The zero-order valence-corrected chi connectivity index (χ0v) is 22.5.